The molecule has 0 unspecified atom stereocenters. The highest BCUT2D eigenvalue weighted by atomic mass is 16.5. The lowest BCUT2D eigenvalue weighted by Gasteiger charge is -2.16. The van der Waals surface area contributed by atoms with E-state index in [2.05, 4.69) is 16.7 Å². The Labute approximate surface area is 102 Å². The molecule has 0 fully saturated rings. The Balaban J connectivity index is 3.32. The summed E-state index contributed by atoms with van der Waals surface area (Å²) in [6.45, 7) is 10.0. The maximum Gasteiger partial charge on any atom is 0.131 e. The lowest BCUT2D eigenvalue weighted by Crippen LogP contribution is -2.07. The van der Waals surface area contributed by atoms with Crippen LogP contribution in [0.1, 0.15) is 29.4 Å². The van der Waals surface area contributed by atoms with Crippen LogP contribution in [0.15, 0.2) is 17.8 Å². The largest absolute Gasteiger partial charge is 0.489 e. The minimum atomic E-state index is 0.101. The molecule has 1 aromatic heterocycles. The first-order chi connectivity index (χ1) is 8.15. The van der Waals surface area contributed by atoms with E-state index in [4.69, 9.17) is 4.74 Å². The van der Waals surface area contributed by atoms with Gasteiger partial charge < -0.3 is 4.74 Å². The predicted octanol–water partition coefficient (Wildman–Crippen LogP) is 3.09. The van der Waals surface area contributed by atoms with Crippen LogP contribution in [0.4, 0.5) is 0 Å². The fraction of sp³-hybridized carbons (Fsp3) is 0.462. The van der Waals surface area contributed by atoms with E-state index in [1.807, 2.05) is 20.8 Å². The molecule has 1 heterocycles. The van der Waals surface area contributed by atoms with E-state index in [0.29, 0.717) is 6.61 Å². The van der Waals surface area contributed by atoms with Gasteiger partial charge in [0.05, 0.1) is 0 Å². The second-order valence-electron chi connectivity index (χ2n) is 3.82. The number of pyridine rings is 1. The van der Waals surface area contributed by atoms with Crippen molar-refractivity contribution >= 4 is 0 Å². The van der Waals surface area contributed by atoms with Crippen molar-refractivity contribution < 1.29 is 4.74 Å². The first-order valence-electron chi connectivity index (χ1n) is 5.67. The van der Waals surface area contributed by atoms with Crippen molar-refractivity contribution in [3.63, 3.8) is 0 Å². The van der Waals surface area contributed by atoms with Crippen LogP contribution < -0.4 is 4.74 Å². The van der Waals surface area contributed by atoms with Gasteiger partial charge in [0, 0.05) is 22.5 Å². The molecule has 0 amide bonds. The van der Waals surface area contributed by atoms with E-state index in [1.54, 1.807) is 6.08 Å². The fourth-order valence-electron chi connectivity index (χ4n) is 1.73. The lowest BCUT2D eigenvalue weighted by molar-refractivity contribution is 0.355. The third-order valence-electron chi connectivity index (χ3n) is 2.71. The molecule has 0 saturated carbocycles. The molecule has 0 saturated heterocycles. The third-order valence-corrected chi connectivity index (χ3v) is 2.71. The molecule has 0 spiro atoms. The minimum absolute atomic E-state index is 0.101. The van der Waals surface area contributed by atoms with E-state index >= 15 is 0 Å². The van der Waals surface area contributed by atoms with Crippen molar-refractivity contribution in [1.29, 1.82) is 0 Å². The minimum Gasteiger partial charge on any atom is -0.489 e. The molecule has 4 heteroatoms. The first kappa shape index (κ1) is 13.4. The van der Waals surface area contributed by atoms with Crippen LogP contribution in [0.5, 0.6) is 5.75 Å². The Kier molecular flexibility index (Phi) is 4.82. The van der Waals surface area contributed by atoms with E-state index in [9.17, 15) is 4.91 Å². The summed E-state index contributed by atoms with van der Waals surface area (Å²) in [6.07, 6.45) is 2.44. The van der Waals surface area contributed by atoms with Gasteiger partial charge in [-0.3, -0.25) is 4.98 Å². The highest BCUT2D eigenvalue weighted by Crippen LogP contribution is 2.29. The van der Waals surface area contributed by atoms with Gasteiger partial charge in [-0.05, 0) is 20.3 Å². The van der Waals surface area contributed by atoms with Crippen molar-refractivity contribution in [1.82, 2.24) is 4.98 Å². The van der Waals surface area contributed by atoms with Gasteiger partial charge in [0.25, 0.3) is 0 Å². The van der Waals surface area contributed by atoms with Crippen molar-refractivity contribution in [2.75, 3.05) is 6.61 Å². The molecule has 1 aromatic rings. The Morgan fingerprint density at radius 1 is 1.47 bits per heavy atom. The molecule has 0 N–H and O–H groups in total. The number of hydrogen-bond acceptors (Lipinski definition) is 4. The fourth-order valence-corrected chi connectivity index (χ4v) is 1.73. The zero-order chi connectivity index (χ0) is 12.8. The topological polar surface area (TPSA) is 51.6 Å². The van der Waals surface area contributed by atoms with Gasteiger partial charge in [-0.2, -0.15) is 4.91 Å². The maximum atomic E-state index is 10.5. The second-order valence-corrected chi connectivity index (χ2v) is 3.82. The number of rotatable bonds is 6. The molecule has 0 atom stereocenters. The predicted molar refractivity (Wildman–Crippen MR) is 68.3 cm³/mol. The normalized spacial score (nSPS) is 10.1. The highest BCUT2D eigenvalue weighted by molar-refractivity contribution is 5.45. The monoisotopic (exact) mass is 234 g/mol. The average Bonchev–Trinajstić information content (AvgIpc) is 2.33. The molecule has 0 aliphatic carbocycles. The van der Waals surface area contributed by atoms with Crippen LogP contribution in [-0.2, 0) is 13.0 Å². The van der Waals surface area contributed by atoms with Crippen LogP contribution >= 0.6 is 0 Å². The second kappa shape index (κ2) is 6.13. The summed E-state index contributed by atoms with van der Waals surface area (Å²) < 4.78 is 5.64. The molecule has 0 aliphatic rings. The summed E-state index contributed by atoms with van der Waals surface area (Å²) in [5.74, 6) is 0.730. The quantitative estimate of drug-likeness (QED) is 0.561. The number of nitrogens with zero attached hydrogens (tertiary/aromatic N) is 2. The smallest absolute Gasteiger partial charge is 0.131 e. The van der Waals surface area contributed by atoms with Crippen LogP contribution in [0.25, 0.3) is 0 Å². The molecule has 1 rings (SSSR count). The van der Waals surface area contributed by atoms with Crippen LogP contribution in [0.2, 0.25) is 0 Å². The van der Waals surface area contributed by atoms with Crippen LogP contribution in [0.3, 0.4) is 0 Å². The number of nitroso groups, excluding NO2 is 1. The molecular weight excluding hydrogens is 216 g/mol. The van der Waals surface area contributed by atoms with Crippen molar-refractivity contribution in [3.8, 4) is 5.75 Å². The Morgan fingerprint density at radius 3 is 2.71 bits per heavy atom. The summed E-state index contributed by atoms with van der Waals surface area (Å²) in [5, 5.41) is 2.96. The van der Waals surface area contributed by atoms with Gasteiger partial charge >= 0.3 is 0 Å². The SMILES string of the molecule is C=CCOc1c(C)c(C)nc(CC)c1CN=O. The van der Waals surface area contributed by atoms with Gasteiger partial charge in [0.15, 0.2) is 0 Å². The molecule has 0 aliphatic heterocycles. The third kappa shape index (κ3) is 2.90. The molecular formula is C13H18N2O2. The summed E-state index contributed by atoms with van der Waals surface area (Å²) >= 11 is 0. The average molecular weight is 234 g/mol. The molecule has 0 bridgehead atoms. The highest BCUT2D eigenvalue weighted by Gasteiger charge is 2.15. The van der Waals surface area contributed by atoms with Crippen molar-refractivity contribution in [2.45, 2.75) is 33.7 Å². The van der Waals surface area contributed by atoms with Crippen LogP contribution in [-0.4, -0.2) is 11.6 Å². The van der Waals surface area contributed by atoms with Crippen molar-refractivity contribution in [2.24, 2.45) is 5.18 Å². The van der Waals surface area contributed by atoms with Crippen molar-refractivity contribution in [3.05, 3.63) is 40.1 Å². The lowest BCUT2D eigenvalue weighted by atomic mass is 10.1. The zero-order valence-electron chi connectivity index (χ0n) is 10.6. The van der Waals surface area contributed by atoms with Crippen LogP contribution in [0, 0.1) is 18.8 Å². The van der Waals surface area contributed by atoms with Gasteiger partial charge in [-0.1, -0.05) is 24.8 Å². The van der Waals surface area contributed by atoms with Gasteiger partial charge in [-0.15, -0.1) is 0 Å². The van der Waals surface area contributed by atoms with E-state index in [-0.39, 0.29) is 6.54 Å². The van der Waals surface area contributed by atoms with Gasteiger partial charge in [0.1, 0.15) is 18.9 Å². The summed E-state index contributed by atoms with van der Waals surface area (Å²) in [4.78, 5) is 15.0. The Morgan fingerprint density at radius 2 is 2.18 bits per heavy atom. The van der Waals surface area contributed by atoms with E-state index < -0.39 is 0 Å². The van der Waals surface area contributed by atoms with E-state index in [0.717, 1.165) is 34.7 Å². The first-order valence-corrected chi connectivity index (χ1v) is 5.67. The summed E-state index contributed by atoms with van der Waals surface area (Å²) in [6, 6.07) is 0. The molecule has 0 aromatic carbocycles. The molecule has 4 nitrogen and oxygen atoms in total. The Bertz CT molecular complexity index is 428. The maximum absolute atomic E-state index is 10.5. The standard InChI is InChI=1S/C13H18N2O2/c1-5-7-17-13-9(3)10(4)15-12(6-2)11(13)8-14-16/h5H,1,6-8H2,2-4H3. The molecule has 0 radical (unpaired) electrons. The van der Waals surface area contributed by atoms with Gasteiger partial charge in [-0.25, -0.2) is 0 Å². The number of aryl methyl sites for hydroxylation is 2. The number of aromatic nitrogens is 1. The molecule has 92 valence electrons. The van der Waals surface area contributed by atoms with Gasteiger partial charge in [0.2, 0.25) is 0 Å². The summed E-state index contributed by atoms with van der Waals surface area (Å²) in [5.41, 5.74) is 3.57. The molecule has 17 heavy (non-hydrogen) atoms. The number of ether oxygens (including phenoxy) is 1. The number of hydrogen-bond donors (Lipinski definition) is 0. The Hall–Kier alpha value is -1.71. The van der Waals surface area contributed by atoms with E-state index in [1.165, 1.54) is 0 Å². The summed E-state index contributed by atoms with van der Waals surface area (Å²) in [7, 11) is 0. The zero-order valence-corrected chi connectivity index (χ0v) is 10.6.